The summed E-state index contributed by atoms with van der Waals surface area (Å²) < 4.78 is 5.44. The number of fused-ring (bicyclic) bond motifs is 4. The zero-order valence-electron chi connectivity index (χ0n) is 17.8. The van der Waals surface area contributed by atoms with Gasteiger partial charge in [0.2, 0.25) is 11.8 Å². The number of ether oxygens (including phenoxy) is 1. The summed E-state index contributed by atoms with van der Waals surface area (Å²) in [6.07, 6.45) is 4.36. The summed E-state index contributed by atoms with van der Waals surface area (Å²) >= 11 is 0. The highest BCUT2D eigenvalue weighted by Crippen LogP contribution is 2.42. The van der Waals surface area contributed by atoms with E-state index in [9.17, 15) is 9.59 Å². The smallest absolute Gasteiger partial charge is 0.245 e. The molecule has 1 aromatic rings. The first-order valence-electron chi connectivity index (χ1n) is 11.4. The number of amides is 2. The maximum atomic E-state index is 13.6. The van der Waals surface area contributed by atoms with Gasteiger partial charge in [-0.05, 0) is 25.2 Å². The van der Waals surface area contributed by atoms with Gasteiger partial charge in [0.05, 0.1) is 19.8 Å². The Hall–Kier alpha value is -2.00. The first-order chi connectivity index (χ1) is 14.6. The fourth-order valence-electron chi connectivity index (χ4n) is 5.95. The Morgan fingerprint density at radius 3 is 2.80 bits per heavy atom. The number of nitrogens with zero attached hydrogens (tertiary/aromatic N) is 5. The number of aromatic nitrogens is 3. The molecule has 164 valence electrons. The molecule has 0 radical (unpaired) electrons. The number of morpholine rings is 1. The van der Waals surface area contributed by atoms with Crippen molar-refractivity contribution in [1.29, 1.82) is 0 Å². The average Bonchev–Trinajstić information content (AvgIpc) is 3.22. The fourth-order valence-corrected chi connectivity index (χ4v) is 5.95. The number of hydrogen-bond acceptors (Lipinski definition) is 6. The summed E-state index contributed by atoms with van der Waals surface area (Å²) in [7, 11) is 0. The maximum absolute atomic E-state index is 13.6. The second-order valence-corrected chi connectivity index (χ2v) is 9.14. The number of rotatable bonds is 4. The Morgan fingerprint density at radius 1 is 1.23 bits per heavy atom. The van der Waals surface area contributed by atoms with Crippen LogP contribution in [0.5, 0.6) is 0 Å². The lowest BCUT2D eigenvalue weighted by atomic mass is 9.71. The third-order valence-corrected chi connectivity index (χ3v) is 7.26. The molecule has 4 saturated heterocycles. The largest absolute Gasteiger partial charge is 0.378 e. The first kappa shape index (κ1) is 19.9. The molecule has 0 spiro atoms. The summed E-state index contributed by atoms with van der Waals surface area (Å²) in [5.74, 6) is 2.62. The van der Waals surface area contributed by atoms with Crippen molar-refractivity contribution in [2.24, 2.45) is 11.8 Å². The Kier molecular flexibility index (Phi) is 5.49. The van der Waals surface area contributed by atoms with Gasteiger partial charge in [-0.3, -0.25) is 19.6 Å². The number of nitrogens with one attached hydrogen (secondary N) is 1. The number of aromatic amines is 1. The molecule has 1 aromatic heterocycles. The predicted octanol–water partition coefficient (Wildman–Crippen LogP) is 0.427. The quantitative estimate of drug-likeness (QED) is 0.765. The third kappa shape index (κ3) is 3.62. The normalized spacial score (nSPS) is 32.2. The van der Waals surface area contributed by atoms with Gasteiger partial charge >= 0.3 is 0 Å². The van der Waals surface area contributed by atoms with Crippen molar-refractivity contribution in [2.45, 2.75) is 57.7 Å². The molecule has 4 aliphatic rings. The Labute approximate surface area is 177 Å². The Balaban J connectivity index is 1.39. The molecule has 0 aliphatic carbocycles. The van der Waals surface area contributed by atoms with Crippen molar-refractivity contribution < 1.29 is 14.3 Å². The first-order valence-corrected chi connectivity index (χ1v) is 11.4. The van der Waals surface area contributed by atoms with Crippen LogP contribution in [-0.2, 0) is 27.3 Å². The van der Waals surface area contributed by atoms with E-state index in [1.54, 1.807) is 0 Å². The number of piperidine rings is 3. The molecule has 4 atom stereocenters. The minimum atomic E-state index is -0.333. The molecule has 0 unspecified atom stereocenters. The van der Waals surface area contributed by atoms with E-state index < -0.39 is 0 Å². The van der Waals surface area contributed by atoms with Crippen LogP contribution in [0.3, 0.4) is 0 Å². The number of likely N-dealkylation sites (tertiary alicyclic amines) is 1. The second kappa shape index (κ2) is 8.26. The van der Waals surface area contributed by atoms with Crippen LogP contribution < -0.4 is 0 Å². The zero-order valence-corrected chi connectivity index (χ0v) is 17.8. The van der Waals surface area contributed by atoms with Crippen LogP contribution in [0.25, 0.3) is 0 Å². The van der Waals surface area contributed by atoms with Crippen LogP contribution in [0.2, 0.25) is 0 Å². The van der Waals surface area contributed by atoms with E-state index in [2.05, 4.69) is 27.0 Å². The van der Waals surface area contributed by atoms with Crippen LogP contribution in [0.4, 0.5) is 0 Å². The van der Waals surface area contributed by atoms with E-state index in [-0.39, 0.29) is 29.8 Å². The summed E-state index contributed by atoms with van der Waals surface area (Å²) in [6.45, 7) is 6.95. The molecule has 2 bridgehead atoms. The molecular formula is C21H32N6O3. The SMILES string of the molecule is CCc1n[nH]c(CN2C[C@@H]3C[C@H](C2)[C@H](C(=O)N2CCOCC2)N2C(=O)CCC[C@@H]32)n1. The molecule has 1 N–H and O–H groups in total. The van der Waals surface area contributed by atoms with Crippen LogP contribution in [-0.4, -0.2) is 93.2 Å². The number of carbonyl (C=O) groups excluding carboxylic acids is 2. The van der Waals surface area contributed by atoms with Crippen molar-refractivity contribution in [1.82, 2.24) is 29.9 Å². The van der Waals surface area contributed by atoms with Gasteiger partial charge in [0, 0.05) is 51.0 Å². The lowest BCUT2D eigenvalue weighted by Gasteiger charge is -2.56. The van der Waals surface area contributed by atoms with Crippen molar-refractivity contribution >= 4 is 11.8 Å². The van der Waals surface area contributed by atoms with Gasteiger partial charge < -0.3 is 14.5 Å². The van der Waals surface area contributed by atoms with E-state index in [0.717, 1.165) is 57.0 Å². The lowest BCUT2D eigenvalue weighted by Crippen LogP contribution is -2.68. The minimum absolute atomic E-state index is 0.122. The van der Waals surface area contributed by atoms with Gasteiger partial charge in [-0.25, -0.2) is 4.98 Å². The maximum Gasteiger partial charge on any atom is 0.245 e. The summed E-state index contributed by atoms with van der Waals surface area (Å²) in [6, 6.07) is -0.151. The highest BCUT2D eigenvalue weighted by Gasteiger charge is 2.52. The van der Waals surface area contributed by atoms with Crippen molar-refractivity contribution in [3.63, 3.8) is 0 Å². The summed E-state index contributed by atoms with van der Waals surface area (Å²) in [5.41, 5.74) is 0. The van der Waals surface area contributed by atoms with E-state index >= 15 is 0 Å². The van der Waals surface area contributed by atoms with Gasteiger partial charge in [-0.1, -0.05) is 6.92 Å². The molecule has 4 aliphatic heterocycles. The van der Waals surface area contributed by atoms with E-state index in [1.807, 2.05) is 9.80 Å². The summed E-state index contributed by atoms with van der Waals surface area (Å²) in [4.78, 5) is 37.5. The number of carbonyl (C=O) groups is 2. The topological polar surface area (TPSA) is 94.7 Å². The molecule has 5 heterocycles. The van der Waals surface area contributed by atoms with Crippen LogP contribution in [0.15, 0.2) is 0 Å². The van der Waals surface area contributed by atoms with Gasteiger partial charge in [0.1, 0.15) is 17.7 Å². The molecule has 9 nitrogen and oxygen atoms in total. The molecular weight excluding hydrogens is 384 g/mol. The molecule has 5 rings (SSSR count). The highest BCUT2D eigenvalue weighted by molar-refractivity contribution is 5.89. The van der Waals surface area contributed by atoms with Gasteiger partial charge in [-0.2, -0.15) is 5.10 Å². The average molecular weight is 417 g/mol. The van der Waals surface area contributed by atoms with E-state index in [0.29, 0.717) is 38.6 Å². The van der Waals surface area contributed by atoms with Gasteiger partial charge in [0.15, 0.2) is 0 Å². The van der Waals surface area contributed by atoms with Crippen LogP contribution >= 0.6 is 0 Å². The van der Waals surface area contributed by atoms with E-state index in [1.165, 1.54) is 0 Å². The van der Waals surface area contributed by atoms with Crippen LogP contribution in [0.1, 0.15) is 44.3 Å². The fraction of sp³-hybridized carbons (Fsp3) is 0.810. The van der Waals surface area contributed by atoms with Crippen molar-refractivity contribution in [3.05, 3.63) is 11.6 Å². The molecule has 4 fully saturated rings. The number of H-pyrrole nitrogens is 1. The standard InChI is InChI=1S/C21H32N6O3/c1-2-17-22-18(24-23-17)13-25-11-14-10-15(12-25)20(21(29)26-6-8-30-9-7-26)27-16(14)4-3-5-19(27)28/h14-16,20H,2-13H2,1H3,(H,22,23,24)/t14-,15+,16-,20+/m0/s1. The van der Waals surface area contributed by atoms with Crippen molar-refractivity contribution in [2.75, 3.05) is 39.4 Å². The predicted molar refractivity (Wildman–Crippen MR) is 108 cm³/mol. The highest BCUT2D eigenvalue weighted by atomic mass is 16.5. The number of aryl methyl sites for hydroxylation is 1. The molecule has 0 saturated carbocycles. The van der Waals surface area contributed by atoms with E-state index in [4.69, 9.17) is 4.74 Å². The van der Waals surface area contributed by atoms with Gasteiger partial charge in [-0.15, -0.1) is 0 Å². The van der Waals surface area contributed by atoms with Crippen LogP contribution in [0, 0.1) is 11.8 Å². The van der Waals surface area contributed by atoms with Gasteiger partial charge in [0.25, 0.3) is 0 Å². The lowest BCUT2D eigenvalue weighted by molar-refractivity contribution is -0.167. The zero-order chi connectivity index (χ0) is 20.7. The third-order valence-electron chi connectivity index (χ3n) is 7.26. The second-order valence-electron chi connectivity index (χ2n) is 9.14. The molecule has 9 heteroatoms. The minimum Gasteiger partial charge on any atom is -0.378 e. The number of hydrogen-bond donors (Lipinski definition) is 1. The molecule has 2 amide bonds. The Bertz CT molecular complexity index is 791. The Morgan fingerprint density at radius 2 is 2.03 bits per heavy atom. The monoisotopic (exact) mass is 416 g/mol. The summed E-state index contributed by atoms with van der Waals surface area (Å²) in [5, 5.41) is 7.33. The molecule has 0 aromatic carbocycles. The molecule has 30 heavy (non-hydrogen) atoms. The van der Waals surface area contributed by atoms with Crippen molar-refractivity contribution in [3.8, 4) is 0 Å².